The highest BCUT2D eigenvalue weighted by Crippen LogP contribution is 2.36. The van der Waals surface area contributed by atoms with Gasteiger partial charge in [0, 0.05) is 16.8 Å². The van der Waals surface area contributed by atoms with Crippen molar-refractivity contribution in [1.82, 2.24) is 10.6 Å². The highest BCUT2D eigenvalue weighted by atomic mass is 32.1. The van der Waals surface area contributed by atoms with Crippen LogP contribution in [0.1, 0.15) is 47.5 Å². The molecule has 1 aliphatic carbocycles. The van der Waals surface area contributed by atoms with Crippen LogP contribution in [0, 0.1) is 19.8 Å². The average Bonchev–Trinajstić information content (AvgIpc) is 3.38. The van der Waals surface area contributed by atoms with E-state index in [1.807, 2.05) is 20.8 Å². The number of nitrogens with one attached hydrogen (secondary N) is 3. The largest absolute Gasteiger partial charge is 0.452 e. The Morgan fingerprint density at radius 1 is 1.15 bits per heavy atom. The van der Waals surface area contributed by atoms with Gasteiger partial charge in [-0.3, -0.25) is 14.4 Å². The van der Waals surface area contributed by atoms with E-state index in [2.05, 4.69) is 16.0 Å². The molecule has 2 rings (SSSR count). The average molecular weight is 395 g/mol. The van der Waals surface area contributed by atoms with Gasteiger partial charge in [-0.25, -0.2) is 4.79 Å². The lowest BCUT2D eigenvalue weighted by molar-refractivity contribution is -0.128. The number of carbonyl (C=O) groups excluding carboxylic acids is 4. The molecule has 0 saturated heterocycles. The van der Waals surface area contributed by atoms with E-state index >= 15 is 0 Å². The Morgan fingerprint density at radius 3 is 2.41 bits per heavy atom. The molecule has 1 heterocycles. The van der Waals surface area contributed by atoms with E-state index in [1.54, 1.807) is 6.92 Å². The van der Waals surface area contributed by atoms with Crippen molar-refractivity contribution in [3.8, 4) is 0 Å². The standard InChI is InChI=1S/C18H25N3O5S/c1-9(2)20-13(22)7-19-14(23)8-26-18(25)15-10(3)11(4)27-17(15)21-16(24)12-5-6-12/h9,12H,5-8H2,1-4H3,(H,19,23)(H,20,22)(H,21,24). The summed E-state index contributed by atoms with van der Waals surface area (Å²) in [7, 11) is 0. The van der Waals surface area contributed by atoms with Crippen molar-refractivity contribution >= 4 is 40.0 Å². The molecule has 0 aliphatic heterocycles. The lowest BCUT2D eigenvalue weighted by Crippen LogP contribution is -2.41. The van der Waals surface area contributed by atoms with Crippen LogP contribution in [0.4, 0.5) is 5.00 Å². The molecule has 1 aromatic heterocycles. The van der Waals surface area contributed by atoms with Crippen molar-refractivity contribution in [1.29, 1.82) is 0 Å². The molecule has 148 valence electrons. The van der Waals surface area contributed by atoms with Gasteiger partial charge in [0.15, 0.2) is 6.61 Å². The number of amides is 3. The van der Waals surface area contributed by atoms with Gasteiger partial charge in [0.05, 0.1) is 12.1 Å². The summed E-state index contributed by atoms with van der Waals surface area (Å²) in [6, 6.07) is -0.0266. The highest BCUT2D eigenvalue weighted by Gasteiger charge is 2.31. The first-order chi connectivity index (χ1) is 12.7. The molecule has 0 atom stereocenters. The van der Waals surface area contributed by atoms with Crippen LogP contribution in [0.3, 0.4) is 0 Å². The molecule has 9 heteroatoms. The van der Waals surface area contributed by atoms with Gasteiger partial charge in [0.2, 0.25) is 11.8 Å². The molecule has 1 fully saturated rings. The summed E-state index contributed by atoms with van der Waals surface area (Å²) in [6.07, 6.45) is 1.72. The lowest BCUT2D eigenvalue weighted by atomic mass is 10.1. The SMILES string of the molecule is Cc1sc(NC(=O)C2CC2)c(C(=O)OCC(=O)NCC(=O)NC(C)C)c1C. The number of rotatable bonds is 8. The zero-order chi connectivity index (χ0) is 20.1. The van der Waals surface area contributed by atoms with Gasteiger partial charge < -0.3 is 20.7 Å². The van der Waals surface area contributed by atoms with Gasteiger partial charge in [-0.2, -0.15) is 0 Å². The van der Waals surface area contributed by atoms with E-state index in [4.69, 9.17) is 4.74 Å². The summed E-state index contributed by atoms with van der Waals surface area (Å²) in [5, 5.41) is 8.26. The minimum Gasteiger partial charge on any atom is -0.452 e. The lowest BCUT2D eigenvalue weighted by Gasteiger charge is -2.10. The van der Waals surface area contributed by atoms with Crippen LogP contribution >= 0.6 is 11.3 Å². The van der Waals surface area contributed by atoms with E-state index in [0.717, 1.165) is 17.7 Å². The number of ether oxygens (including phenoxy) is 1. The predicted molar refractivity (Wildman–Crippen MR) is 102 cm³/mol. The normalized spacial score (nSPS) is 13.2. The molecule has 0 aromatic carbocycles. The Morgan fingerprint density at radius 2 is 1.81 bits per heavy atom. The Hall–Kier alpha value is -2.42. The Bertz CT molecular complexity index is 752. The highest BCUT2D eigenvalue weighted by molar-refractivity contribution is 7.16. The fourth-order valence-corrected chi connectivity index (χ4v) is 3.38. The van der Waals surface area contributed by atoms with E-state index in [9.17, 15) is 19.2 Å². The maximum Gasteiger partial charge on any atom is 0.341 e. The van der Waals surface area contributed by atoms with Crippen molar-refractivity contribution in [3.05, 3.63) is 16.0 Å². The van der Waals surface area contributed by atoms with Gasteiger partial charge >= 0.3 is 5.97 Å². The minimum absolute atomic E-state index is 0.0133. The molecular weight excluding hydrogens is 370 g/mol. The predicted octanol–water partition coefficient (Wildman–Crippen LogP) is 1.51. The summed E-state index contributed by atoms with van der Waals surface area (Å²) in [6.45, 7) is 6.56. The first-order valence-electron chi connectivity index (χ1n) is 8.83. The van der Waals surface area contributed by atoms with Crippen LogP contribution in [-0.2, 0) is 19.1 Å². The number of aryl methyl sites for hydroxylation is 1. The number of anilines is 1. The minimum atomic E-state index is -0.676. The van der Waals surface area contributed by atoms with Crippen molar-refractivity contribution in [2.75, 3.05) is 18.5 Å². The first-order valence-corrected chi connectivity index (χ1v) is 9.64. The second-order valence-corrected chi connectivity index (χ2v) is 8.05. The molecular formula is C18H25N3O5S. The van der Waals surface area contributed by atoms with Crippen LogP contribution in [0.2, 0.25) is 0 Å². The molecule has 3 N–H and O–H groups in total. The van der Waals surface area contributed by atoms with E-state index in [1.165, 1.54) is 11.3 Å². The third-order valence-electron chi connectivity index (χ3n) is 4.00. The van der Waals surface area contributed by atoms with Gasteiger partial charge in [0.1, 0.15) is 5.00 Å². The Kier molecular flexibility index (Phi) is 6.95. The fourth-order valence-electron chi connectivity index (χ4n) is 2.33. The Balaban J connectivity index is 1.90. The quantitative estimate of drug-likeness (QED) is 0.578. The fraction of sp³-hybridized carbons (Fsp3) is 0.556. The summed E-state index contributed by atoms with van der Waals surface area (Å²) in [5.41, 5.74) is 0.990. The monoisotopic (exact) mass is 395 g/mol. The van der Waals surface area contributed by atoms with Crippen LogP contribution in [0.5, 0.6) is 0 Å². The zero-order valence-corrected chi connectivity index (χ0v) is 16.7. The molecule has 0 radical (unpaired) electrons. The summed E-state index contributed by atoms with van der Waals surface area (Å²) in [5.74, 6) is -1.65. The molecule has 0 unspecified atom stereocenters. The Labute approximate surface area is 162 Å². The number of thiophene rings is 1. The summed E-state index contributed by atoms with van der Waals surface area (Å²) < 4.78 is 5.07. The van der Waals surface area contributed by atoms with Crippen molar-refractivity contribution in [3.63, 3.8) is 0 Å². The number of esters is 1. The molecule has 0 bridgehead atoms. The van der Waals surface area contributed by atoms with Gasteiger partial charge in [-0.1, -0.05) is 0 Å². The zero-order valence-electron chi connectivity index (χ0n) is 15.9. The molecule has 8 nitrogen and oxygen atoms in total. The maximum atomic E-state index is 12.4. The topological polar surface area (TPSA) is 114 Å². The van der Waals surface area contributed by atoms with Gasteiger partial charge in [-0.05, 0) is 46.1 Å². The van der Waals surface area contributed by atoms with Crippen LogP contribution in [0.15, 0.2) is 0 Å². The molecule has 0 spiro atoms. The smallest absolute Gasteiger partial charge is 0.341 e. The summed E-state index contributed by atoms with van der Waals surface area (Å²) >= 11 is 1.31. The third-order valence-corrected chi connectivity index (χ3v) is 5.13. The second kappa shape index (κ2) is 8.98. The number of carbonyl (C=O) groups is 4. The molecule has 3 amide bonds. The number of hydrogen-bond donors (Lipinski definition) is 3. The third kappa shape index (κ3) is 6.06. The second-order valence-electron chi connectivity index (χ2n) is 6.83. The van der Waals surface area contributed by atoms with Crippen molar-refractivity contribution in [2.45, 2.75) is 46.6 Å². The van der Waals surface area contributed by atoms with Crippen molar-refractivity contribution < 1.29 is 23.9 Å². The first kappa shape index (κ1) is 20.9. The van der Waals surface area contributed by atoms with E-state index < -0.39 is 18.5 Å². The van der Waals surface area contributed by atoms with Gasteiger partial charge in [0.25, 0.3) is 5.91 Å². The van der Waals surface area contributed by atoms with Gasteiger partial charge in [-0.15, -0.1) is 11.3 Å². The van der Waals surface area contributed by atoms with E-state index in [-0.39, 0.29) is 35.9 Å². The van der Waals surface area contributed by atoms with Crippen LogP contribution in [0.25, 0.3) is 0 Å². The number of hydrogen-bond acceptors (Lipinski definition) is 6. The molecule has 1 aliphatic rings. The molecule has 1 aromatic rings. The van der Waals surface area contributed by atoms with Crippen LogP contribution < -0.4 is 16.0 Å². The van der Waals surface area contributed by atoms with E-state index in [0.29, 0.717) is 10.6 Å². The van der Waals surface area contributed by atoms with Crippen molar-refractivity contribution in [2.24, 2.45) is 5.92 Å². The maximum absolute atomic E-state index is 12.4. The van der Waals surface area contributed by atoms with Crippen LogP contribution in [-0.4, -0.2) is 42.9 Å². The summed E-state index contributed by atoms with van der Waals surface area (Å²) in [4.78, 5) is 48.6. The molecule has 27 heavy (non-hydrogen) atoms. The molecule has 1 saturated carbocycles.